The highest BCUT2D eigenvalue weighted by Gasteiger charge is 2.32. The Hall–Kier alpha value is -2.68. The summed E-state index contributed by atoms with van der Waals surface area (Å²) in [6, 6.07) is 9.10. The smallest absolute Gasteiger partial charge is 0.406 e. The van der Waals surface area contributed by atoms with Gasteiger partial charge in [-0.1, -0.05) is 12.1 Å². The number of nitrogens with one attached hydrogen (secondary N) is 1. The molecule has 25 heavy (non-hydrogen) atoms. The number of fused-ring (bicyclic) bond motifs is 3. The summed E-state index contributed by atoms with van der Waals surface area (Å²) in [6.07, 6.45) is -4.56. The molecule has 0 aliphatic carbocycles. The minimum atomic E-state index is -4.74. The molecule has 3 aromatic rings. The Balaban J connectivity index is 1.76. The number of carbonyl (C=O) groups excluding carboxylic acids is 1. The maximum Gasteiger partial charge on any atom is 0.573 e. The minimum absolute atomic E-state index is 0.157. The Labute approximate surface area is 143 Å². The van der Waals surface area contributed by atoms with Crippen molar-refractivity contribution in [3.8, 4) is 5.75 Å². The van der Waals surface area contributed by atoms with Gasteiger partial charge in [0.2, 0.25) is 5.91 Å². The summed E-state index contributed by atoms with van der Waals surface area (Å²) in [4.78, 5) is 12.0. The molecule has 4 rings (SSSR count). The van der Waals surface area contributed by atoms with Crippen molar-refractivity contribution in [1.82, 2.24) is 8.75 Å². The van der Waals surface area contributed by atoms with E-state index >= 15 is 0 Å². The molecule has 2 aromatic carbocycles. The molecule has 128 valence electrons. The van der Waals surface area contributed by atoms with Gasteiger partial charge in [0, 0.05) is 23.6 Å². The first-order valence-electron chi connectivity index (χ1n) is 7.31. The molecule has 0 saturated carbocycles. The van der Waals surface area contributed by atoms with Crippen LogP contribution in [0, 0.1) is 0 Å². The molecule has 1 N–H and O–H groups in total. The van der Waals surface area contributed by atoms with E-state index in [0.29, 0.717) is 16.8 Å². The second-order valence-corrected chi connectivity index (χ2v) is 6.11. The molecule has 1 atom stereocenters. The quantitative estimate of drug-likeness (QED) is 0.744. The molecule has 9 heteroatoms. The van der Waals surface area contributed by atoms with Crippen LogP contribution in [0.1, 0.15) is 23.5 Å². The minimum Gasteiger partial charge on any atom is -0.406 e. The first-order valence-corrected chi connectivity index (χ1v) is 8.04. The van der Waals surface area contributed by atoms with Gasteiger partial charge in [-0.15, -0.1) is 13.2 Å². The number of hydrogen-bond acceptors (Lipinski definition) is 5. The number of carbonyl (C=O) groups is 1. The molecular formula is C16H10F3N3O2S. The lowest BCUT2D eigenvalue weighted by molar-refractivity contribution is -0.274. The second kappa shape index (κ2) is 5.69. The van der Waals surface area contributed by atoms with E-state index in [1.165, 1.54) is 24.3 Å². The topological polar surface area (TPSA) is 64.1 Å². The lowest BCUT2D eigenvalue weighted by Gasteiger charge is -2.26. The molecule has 0 unspecified atom stereocenters. The van der Waals surface area contributed by atoms with E-state index < -0.39 is 6.36 Å². The molecule has 1 aliphatic heterocycles. The van der Waals surface area contributed by atoms with Gasteiger partial charge in [-0.3, -0.25) is 4.79 Å². The first kappa shape index (κ1) is 15.8. The fourth-order valence-corrected chi connectivity index (χ4v) is 3.56. The first-order chi connectivity index (χ1) is 11.9. The van der Waals surface area contributed by atoms with Gasteiger partial charge in [0.15, 0.2) is 0 Å². The summed E-state index contributed by atoms with van der Waals surface area (Å²) < 4.78 is 49.3. The highest BCUT2D eigenvalue weighted by molar-refractivity contribution is 7.00. The van der Waals surface area contributed by atoms with Gasteiger partial charge in [-0.25, -0.2) is 0 Å². The van der Waals surface area contributed by atoms with Gasteiger partial charge in [0.05, 0.1) is 11.7 Å². The molecule has 0 fully saturated rings. The Bertz CT molecular complexity index is 953. The second-order valence-electron chi connectivity index (χ2n) is 5.58. The number of rotatable bonds is 2. The van der Waals surface area contributed by atoms with Crippen LogP contribution in [0.25, 0.3) is 11.0 Å². The van der Waals surface area contributed by atoms with Crippen LogP contribution >= 0.6 is 11.7 Å². The van der Waals surface area contributed by atoms with Crippen molar-refractivity contribution in [2.75, 3.05) is 5.32 Å². The average molecular weight is 365 g/mol. The summed E-state index contributed by atoms with van der Waals surface area (Å²) in [5.74, 6) is -0.766. The van der Waals surface area contributed by atoms with Gasteiger partial charge in [0.25, 0.3) is 0 Å². The third kappa shape index (κ3) is 3.02. The Morgan fingerprint density at radius 2 is 1.88 bits per heavy atom. The lowest BCUT2D eigenvalue weighted by Crippen LogP contribution is -2.23. The number of halogens is 3. The molecule has 0 saturated heterocycles. The normalized spacial score (nSPS) is 17.2. The zero-order valence-electron chi connectivity index (χ0n) is 12.5. The molecule has 1 aliphatic rings. The van der Waals surface area contributed by atoms with Gasteiger partial charge < -0.3 is 10.1 Å². The van der Waals surface area contributed by atoms with Crippen LogP contribution in [0.15, 0.2) is 36.4 Å². The molecule has 0 spiro atoms. The third-order valence-electron chi connectivity index (χ3n) is 4.00. The third-order valence-corrected chi connectivity index (χ3v) is 4.54. The number of benzene rings is 2. The standard InChI is InChI=1S/C16H10F3N3O2S/c17-16(18,19)24-9-3-1-8(2-4-9)10-7-13(23)20-11-5-6-12-15(14(10)11)22-25-21-12/h1-6,10H,7H2,(H,20,23)/t10-/m1/s1. The predicted molar refractivity (Wildman–Crippen MR) is 85.6 cm³/mol. The van der Waals surface area contributed by atoms with Crippen LogP contribution in [0.4, 0.5) is 18.9 Å². The summed E-state index contributed by atoms with van der Waals surface area (Å²) >= 11 is 1.07. The Kier molecular flexibility index (Phi) is 3.60. The number of nitrogens with zero attached hydrogens (tertiary/aromatic N) is 2. The van der Waals surface area contributed by atoms with Crippen LogP contribution in [0.2, 0.25) is 0 Å². The highest BCUT2D eigenvalue weighted by atomic mass is 32.1. The number of ether oxygens (including phenoxy) is 1. The van der Waals surface area contributed by atoms with Crippen molar-refractivity contribution < 1.29 is 22.7 Å². The number of amides is 1. The average Bonchev–Trinajstić information content (AvgIpc) is 3.01. The maximum absolute atomic E-state index is 12.3. The van der Waals surface area contributed by atoms with E-state index in [9.17, 15) is 18.0 Å². The molecular weight excluding hydrogens is 355 g/mol. The molecule has 0 bridgehead atoms. The number of hydrogen-bond donors (Lipinski definition) is 1. The van der Waals surface area contributed by atoms with E-state index in [0.717, 1.165) is 22.8 Å². The van der Waals surface area contributed by atoms with Crippen LogP contribution in [0.5, 0.6) is 5.75 Å². The number of anilines is 1. The Morgan fingerprint density at radius 3 is 2.60 bits per heavy atom. The molecule has 1 aromatic heterocycles. The van der Waals surface area contributed by atoms with E-state index in [1.54, 1.807) is 12.1 Å². The van der Waals surface area contributed by atoms with E-state index in [1.807, 2.05) is 0 Å². The van der Waals surface area contributed by atoms with Crippen LogP contribution in [0.3, 0.4) is 0 Å². The molecule has 5 nitrogen and oxygen atoms in total. The van der Waals surface area contributed by atoms with Crippen LogP contribution < -0.4 is 10.1 Å². The number of alkyl halides is 3. The van der Waals surface area contributed by atoms with Gasteiger partial charge in [0.1, 0.15) is 16.8 Å². The van der Waals surface area contributed by atoms with Crippen molar-refractivity contribution in [3.63, 3.8) is 0 Å². The monoisotopic (exact) mass is 365 g/mol. The van der Waals surface area contributed by atoms with Crippen molar-refractivity contribution in [1.29, 1.82) is 0 Å². The van der Waals surface area contributed by atoms with Gasteiger partial charge >= 0.3 is 6.36 Å². The van der Waals surface area contributed by atoms with Crippen molar-refractivity contribution in [2.24, 2.45) is 0 Å². The predicted octanol–water partition coefficient (Wildman–Crippen LogP) is 4.06. The van der Waals surface area contributed by atoms with Crippen LogP contribution in [-0.2, 0) is 4.79 Å². The summed E-state index contributed by atoms with van der Waals surface area (Å²) in [6.45, 7) is 0. The molecule has 2 heterocycles. The Morgan fingerprint density at radius 1 is 1.12 bits per heavy atom. The summed E-state index contributed by atoms with van der Waals surface area (Å²) in [5, 5.41) is 2.81. The summed E-state index contributed by atoms with van der Waals surface area (Å²) in [7, 11) is 0. The lowest BCUT2D eigenvalue weighted by atomic mass is 9.84. The van der Waals surface area contributed by atoms with E-state index in [2.05, 4.69) is 18.8 Å². The fourth-order valence-electron chi connectivity index (χ4n) is 3.01. The number of aromatic nitrogens is 2. The van der Waals surface area contributed by atoms with Crippen molar-refractivity contribution in [3.05, 3.63) is 47.5 Å². The molecule has 1 amide bonds. The zero-order chi connectivity index (χ0) is 17.6. The van der Waals surface area contributed by atoms with Gasteiger partial charge in [-0.05, 0) is 29.8 Å². The van der Waals surface area contributed by atoms with Crippen molar-refractivity contribution in [2.45, 2.75) is 18.7 Å². The van der Waals surface area contributed by atoms with E-state index in [-0.39, 0.29) is 24.0 Å². The SMILES string of the molecule is O=C1C[C@H](c2ccc(OC(F)(F)F)cc2)c2c(ccc3nsnc23)N1. The maximum atomic E-state index is 12.3. The summed E-state index contributed by atoms with van der Waals surface area (Å²) in [5.41, 5.74) is 3.61. The molecule has 0 radical (unpaired) electrons. The highest BCUT2D eigenvalue weighted by Crippen LogP contribution is 2.41. The van der Waals surface area contributed by atoms with Crippen LogP contribution in [-0.4, -0.2) is 21.0 Å². The zero-order valence-corrected chi connectivity index (χ0v) is 13.3. The van der Waals surface area contributed by atoms with Crippen molar-refractivity contribution >= 4 is 34.4 Å². The van der Waals surface area contributed by atoms with Gasteiger partial charge in [-0.2, -0.15) is 8.75 Å². The fraction of sp³-hybridized carbons (Fsp3) is 0.188. The largest absolute Gasteiger partial charge is 0.573 e. The van der Waals surface area contributed by atoms with E-state index in [4.69, 9.17) is 0 Å².